The molecule has 0 aliphatic rings. The van der Waals surface area contributed by atoms with E-state index in [1.807, 2.05) is 0 Å². The Balaban J connectivity index is 2.80. The van der Waals surface area contributed by atoms with Crippen molar-refractivity contribution in [2.24, 2.45) is 5.92 Å². The second-order valence-corrected chi connectivity index (χ2v) is 6.18. The van der Waals surface area contributed by atoms with Gasteiger partial charge < -0.3 is 10.4 Å². The van der Waals surface area contributed by atoms with E-state index in [0.29, 0.717) is 12.0 Å². The van der Waals surface area contributed by atoms with Gasteiger partial charge in [0.2, 0.25) is 0 Å². The molecular weight excluding hydrogens is 246 g/mol. The first-order valence-electron chi connectivity index (χ1n) is 8.02. The van der Waals surface area contributed by atoms with Gasteiger partial charge in [-0.25, -0.2) is 0 Å². The van der Waals surface area contributed by atoms with Gasteiger partial charge in [0.1, 0.15) is 0 Å². The van der Waals surface area contributed by atoms with Crippen molar-refractivity contribution >= 4 is 0 Å². The molecule has 1 rings (SSSR count). The van der Waals surface area contributed by atoms with Crippen LogP contribution in [0.2, 0.25) is 0 Å². The number of hydrogen-bond donors (Lipinski definition) is 2. The molecule has 0 spiro atoms. The summed E-state index contributed by atoms with van der Waals surface area (Å²) in [5.41, 5.74) is 2.36. The van der Waals surface area contributed by atoms with Crippen molar-refractivity contribution in [3.05, 3.63) is 35.4 Å². The highest BCUT2D eigenvalue weighted by atomic mass is 16.3. The average molecular weight is 277 g/mol. The van der Waals surface area contributed by atoms with Crippen molar-refractivity contribution in [1.82, 2.24) is 5.32 Å². The molecule has 1 aromatic carbocycles. The molecule has 0 radical (unpaired) electrons. The normalized spacial score (nSPS) is 16.1. The van der Waals surface area contributed by atoms with Gasteiger partial charge in [0, 0.05) is 12.1 Å². The predicted octanol–water partition coefficient (Wildman–Crippen LogP) is 4.09. The Kier molecular flexibility index (Phi) is 7.25. The first-order valence-corrected chi connectivity index (χ1v) is 8.02. The molecular formula is C18H31NO. The third kappa shape index (κ3) is 4.92. The largest absolute Gasteiger partial charge is 0.387 e. The molecule has 0 aliphatic heterocycles. The van der Waals surface area contributed by atoms with Crippen LogP contribution in [0.5, 0.6) is 0 Å². The lowest BCUT2D eigenvalue weighted by molar-refractivity contribution is 0.0986. The van der Waals surface area contributed by atoms with Gasteiger partial charge in [0.15, 0.2) is 0 Å². The molecule has 0 amide bonds. The molecule has 0 heterocycles. The molecule has 114 valence electrons. The maximum absolute atomic E-state index is 10.7. The van der Waals surface area contributed by atoms with E-state index in [4.69, 9.17) is 0 Å². The molecule has 3 atom stereocenters. The van der Waals surface area contributed by atoms with E-state index >= 15 is 0 Å². The minimum Gasteiger partial charge on any atom is -0.387 e. The standard InChI is InChI=1S/C18H31NO/c1-6-8-15-9-11-16(12-10-15)18(20)17(13(3)4)19-14(5)7-2/h9-14,17-20H,6-8H2,1-5H3. The number of hydrogen-bond acceptors (Lipinski definition) is 2. The van der Waals surface area contributed by atoms with Crippen LogP contribution in [-0.2, 0) is 6.42 Å². The van der Waals surface area contributed by atoms with Gasteiger partial charge in [0.25, 0.3) is 0 Å². The van der Waals surface area contributed by atoms with E-state index in [9.17, 15) is 5.11 Å². The lowest BCUT2D eigenvalue weighted by Crippen LogP contribution is -2.43. The number of aryl methyl sites for hydroxylation is 1. The van der Waals surface area contributed by atoms with E-state index in [0.717, 1.165) is 24.8 Å². The smallest absolute Gasteiger partial charge is 0.0945 e. The summed E-state index contributed by atoms with van der Waals surface area (Å²) in [4.78, 5) is 0. The number of rotatable bonds is 8. The maximum Gasteiger partial charge on any atom is 0.0945 e. The van der Waals surface area contributed by atoms with E-state index < -0.39 is 6.10 Å². The average Bonchev–Trinajstić information content (AvgIpc) is 2.44. The first kappa shape index (κ1) is 17.2. The third-order valence-electron chi connectivity index (χ3n) is 4.01. The Hall–Kier alpha value is -0.860. The van der Waals surface area contributed by atoms with E-state index in [2.05, 4.69) is 64.2 Å². The van der Waals surface area contributed by atoms with E-state index in [1.165, 1.54) is 5.56 Å². The van der Waals surface area contributed by atoms with Gasteiger partial charge >= 0.3 is 0 Å². The van der Waals surface area contributed by atoms with Crippen LogP contribution in [0, 0.1) is 5.92 Å². The topological polar surface area (TPSA) is 32.3 Å². The molecule has 0 aliphatic carbocycles. The van der Waals surface area contributed by atoms with Gasteiger partial charge in [-0.2, -0.15) is 0 Å². The van der Waals surface area contributed by atoms with Crippen molar-refractivity contribution in [3.8, 4) is 0 Å². The van der Waals surface area contributed by atoms with Crippen LogP contribution in [0.25, 0.3) is 0 Å². The van der Waals surface area contributed by atoms with Crippen LogP contribution in [0.4, 0.5) is 0 Å². The van der Waals surface area contributed by atoms with E-state index in [1.54, 1.807) is 0 Å². The van der Waals surface area contributed by atoms with Crippen LogP contribution in [0.1, 0.15) is 64.7 Å². The molecule has 20 heavy (non-hydrogen) atoms. The number of nitrogens with one attached hydrogen (secondary N) is 1. The van der Waals surface area contributed by atoms with Gasteiger partial charge in [-0.1, -0.05) is 58.4 Å². The van der Waals surface area contributed by atoms with Crippen molar-refractivity contribution in [2.75, 3.05) is 0 Å². The number of benzene rings is 1. The molecule has 1 aromatic rings. The highest BCUT2D eigenvalue weighted by Crippen LogP contribution is 2.23. The van der Waals surface area contributed by atoms with Crippen LogP contribution in [0.3, 0.4) is 0 Å². The Morgan fingerprint density at radius 1 is 1.05 bits per heavy atom. The monoisotopic (exact) mass is 277 g/mol. The summed E-state index contributed by atoms with van der Waals surface area (Å²) in [6.07, 6.45) is 2.90. The van der Waals surface area contributed by atoms with Crippen molar-refractivity contribution in [3.63, 3.8) is 0 Å². The fourth-order valence-corrected chi connectivity index (χ4v) is 2.47. The van der Waals surface area contributed by atoms with Crippen molar-refractivity contribution in [2.45, 2.75) is 72.1 Å². The summed E-state index contributed by atoms with van der Waals surface area (Å²) in [5.74, 6) is 0.398. The Morgan fingerprint density at radius 2 is 1.65 bits per heavy atom. The summed E-state index contributed by atoms with van der Waals surface area (Å²) >= 11 is 0. The Labute approximate surface area is 124 Å². The zero-order valence-electron chi connectivity index (χ0n) is 13.7. The molecule has 0 aromatic heterocycles. The maximum atomic E-state index is 10.7. The lowest BCUT2D eigenvalue weighted by Gasteiger charge is -2.30. The van der Waals surface area contributed by atoms with Crippen LogP contribution < -0.4 is 5.32 Å². The summed E-state index contributed by atoms with van der Waals surface area (Å²) in [7, 11) is 0. The van der Waals surface area contributed by atoms with Gasteiger partial charge in [-0.3, -0.25) is 0 Å². The lowest BCUT2D eigenvalue weighted by atomic mass is 9.92. The van der Waals surface area contributed by atoms with Crippen LogP contribution in [0.15, 0.2) is 24.3 Å². The van der Waals surface area contributed by atoms with Crippen LogP contribution >= 0.6 is 0 Å². The second-order valence-electron chi connectivity index (χ2n) is 6.18. The highest BCUT2D eigenvalue weighted by molar-refractivity contribution is 5.25. The van der Waals surface area contributed by atoms with Crippen molar-refractivity contribution in [1.29, 1.82) is 0 Å². The summed E-state index contributed by atoms with van der Waals surface area (Å²) in [6.45, 7) is 10.9. The zero-order valence-corrected chi connectivity index (χ0v) is 13.7. The molecule has 2 N–H and O–H groups in total. The molecule has 0 bridgehead atoms. The first-order chi connectivity index (χ1) is 9.49. The Morgan fingerprint density at radius 3 is 2.10 bits per heavy atom. The zero-order chi connectivity index (χ0) is 15.1. The predicted molar refractivity (Wildman–Crippen MR) is 86.9 cm³/mol. The highest BCUT2D eigenvalue weighted by Gasteiger charge is 2.24. The van der Waals surface area contributed by atoms with Crippen molar-refractivity contribution < 1.29 is 5.11 Å². The molecule has 0 saturated carbocycles. The molecule has 2 heteroatoms. The summed E-state index contributed by atoms with van der Waals surface area (Å²) in [6, 6.07) is 8.95. The van der Waals surface area contributed by atoms with Gasteiger partial charge in [0.05, 0.1) is 6.10 Å². The van der Waals surface area contributed by atoms with Crippen LogP contribution in [-0.4, -0.2) is 17.2 Å². The third-order valence-corrected chi connectivity index (χ3v) is 4.01. The SMILES string of the molecule is CCCc1ccc(C(O)C(NC(C)CC)C(C)C)cc1. The minimum absolute atomic E-state index is 0.0991. The van der Waals surface area contributed by atoms with Gasteiger partial charge in [-0.05, 0) is 36.8 Å². The number of aliphatic hydroxyl groups excluding tert-OH is 1. The minimum atomic E-state index is -0.445. The molecule has 3 unspecified atom stereocenters. The van der Waals surface area contributed by atoms with E-state index in [-0.39, 0.29) is 6.04 Å². The second kappa shape index (κ2) is 8.43. The summed E-state index contributed by atoms with van der Waals surface area (Å²) in [5, 5.41) is 14.2. The quantitative estimate of drug-likeness (QED) is 0.750. The molecule has 0 saturated heterocycles. The Bertz CT molecular complexity index is 372. The number of aliphatic hydroxyl groups is 1. The summed E-state index contributed by atoms with van der Waals surface area (Å²) < 4.78 is 0. The van der Waals surface area contributed by atoms with Gasteiger partial charge in [-0.15, -0.1) is 0 Å². The fourth-order valence-electron chi connectivity index (χ4n) is 2.47. The molecule has 2 nitrogen and oxygen atoms in total. The fraction of sp³-hybridized carbons (Fsp3) is 0.667. The molecule has 0 fully saturated rings.